The molecule has 2 fully saturated rings. The maximum atomic E-state index is 3.76. The summed E-state index contributed by atoms with van der Waals surface area (Å²) in [6, 6.07) is 10.9. The van der Waals surface area contributed by atoms with Crippen LogP contribution < -0.4 is 5.32 Å². The van der Waals surface area contributed by atoms with E-state index in [0.29, 0.717) is 5.54 Å². The van der Waals surface area contributed by atoms with Gasteiger partial charge < -0.3 is 5.32 Å². The molecule has 18 heavy (non-hydrogen) atoms. The molecule has 2 heteroatoms. The predicted octanol–water partition coefficient (Wildman–Crippen LogP) is 2.75. The summed E-state index contributed by atoms with van der Waals surface area (Å²) in [5.74, 6) is 0. The highest BCUT2D eigenvalue weighted by atomic mass is 15.3. The molecule has 3 rings (SSSR count). The highest BCUT2D eigenvalue weighted by Gasteiger charge is 2.46. The van der Waals surface area contributed by atoms with Gasteiger partial charge in [0.15, 0.2) is 0 Å². The average Bonchev–Trinajstić information content (AvgIpc) is 3.16. The van der Waals surface area contributed by atoms with Crippen molar-refractivity contribution in [3.63, 3.8) is 0 Å². The molecular weight excluding hydrogens is 220 g/mol. The van der Waals surface area contributed by atoms with Gasteiger partial charge in [-0.1, -0.05) is 30.3 Å². The molecule has 1 atom stereocenters. The van der Waals surface area contributed by atoms with Crippen LogP contribution in [0.3, 0.4) is 0 Å². The van der Waals surface area contributed by atoms with Crippen LogP contribution >= 0.6 is 0 Å². The zero-order chi connectivity index (χ0) is 12.6. The van der Waals surface area contributed by atoms with Crippen LogP contribution in [0.4, 0.5) is 0 Å². The lowest BCUT2D eigenvalue weighted by Gasteiger charge is -2.37. The van der Waals surface area contributed by atoms with E-state index in [1.807, 2.05) is 0 Å². The molecule has 1 aromatic carbocycles. The quantitative estimate of drug-likeness (QED) is 0.860. The number of nitrogens with one attached hydrogen (secondary N) is 1. The topological polar surface area (TPSA) is 15.3 Å². The van der Waals surface area contributed by atoms with Crippen molar-refractivity contribution in [3.8, 4) is 0 Å². The maximum absolute atomic E-state index is 3.76. The third kappa shape index (κ3) is 2.19. The fourth-order valence-corrected chi connectivity index (χ4v) is 3.11. The van der Waals surface area contributed by atoms with Crippen LogP contribution in [0.5, 0.6) is 0 Å². The maximum Gasteiger partial charge on any atom is 0.0535 e. The van der Waals surface area contributed by atoms with Crippen LogP contribution in [-0.2, 0) is 5.54 Å². The fraction of sp³-hybridized carbons (Fsp3) is 0.625. The predicted molar refractivity (Wildman–Crippen MR) is 75.6 cm³/mol. The normalized spacial score (nSPS) is 31.9. The van der Waals surface area contributed by atoms with E-state index in [2.05, 4.69) is 54.4 Å². The van der Waals surface area contributed by atoms with E-state index >= 15 is 0 Å². The Hall–Kier alpha value is -0.860. The molecule has 1 saturated heterocycles. The SMILES string of the molecule is CC1(c2ccccc2)CN(C2(C)CC2)CCCN1. The largest absolute Gasteiger partial charge is 0.307 e. The van der Waals surface area contributed by atoms with E-state index in [9.17, 15) is 0 Å². The highest BCUT2D eigenvalue weighted by molar-refractivity contribution is 5.25. The molecule has 1 heterocycles. The van der Waals surface area contributed by atoms with E-state index in [1.54, 1.807) is 0 Å². The molecule has 2 aliphatic rings. The summed E-state index contributed by atoms with van der Waals surface area (Å²) in [7, 11) is 0. The van der Waals surface area contributed by atoms with Crippen LogP contribution in [-0.4, -0.2) is 30.1 Å². The summed E-state index contributed by atoms with van der Waals surface area (Å²) in [5, 5.41) is 3.76. The average molecular weight is 244 g/mol. The second kappa shape index (κ2) is 4.36. The molecule has 0 bridgehead atoms. The van der Waals surface area contributed by atoms with E-state index in [0.717, 1.165) is 13.1 Å². The molecule has 0 radical (unpaired) electrons. The van der Waals surface area contributed by atoms with E-state index < -0.39 is 0 Å². The second-order valence-electron chi connectivity index (χ2n) is 6.40. The first-order valence-electron chi connectivity index (χ1n) is 7.18. The number of hydrogen-bond donors (Lipinski definition) is 1. The highest BCUT2D eigenvalue weighted by Crippen LogP contribution is 2.43. The van der Waals surface area contributed by atoms with Crippen molar-refractivity contribution in [1.82, 2.24) is 10.2 Å². The minimum absolute atomic E-state index is 0.101. The minimum Gasteiger partial charge on any atom is -0.307 e. The first-order chi connectivity index (χ1) is 8.62. The fourth-order valence-electron chi connectivity index (χ4n) is 3.11. The third-order valence-corrected chi connectivity index (χ3v) is 4.78. The Labute approximate surface area is 110 Å². The summed E-state index contributed by atoms with van der Waals surface area (Å²) in [6.07, 6.45) is 4.01. The van der Waals surface area contributed by atoms with E-state index in [-0.39, 0.29) is 5.54 Å². The Morgan fingerprint density at radius 3 is 2.50 bits per heavy atom. The Balaban J connectivity index is 1.86. The summed E-state index contributed by atoms with van der Waals surface area (Å²) < 4.78 is 0. The van der Waals surface area contributed by atoms with Crippen LogP contribution in [0.2, 0.25) is 0 Å². The van der Waals surface area contributed by atoms with Gasteiger partial charge in [0, 0.05) is 12.1 Å². The first kappa shape index (κ1) is 12.2. The van der Waals surface area contributed by atoms with Gasteiger partial charge in [-0.05, 0) is 51.8 Å². The van der Waals surface area contributed by atoms with Gasteiger partial charge in [0.05, 0.1) is 5.54 Å². The Morgan fingerprint density at radius 2 is 1.83 bits per heavy atom. The Bertz CT molecular complexity index is 410. The van der Waals surface area contributed by atoms with Gasteiger partial charge in [0.25, 0.3) is 0 Å². The van der Waals surface area contributed by atoms with Crippen molar-refractivity contribution in [2.75, 3.05) is 19.6 Å². The lowest BCUT2D eigenvalue weighted by atomic mass is 9.91. The summed E-state index contributed by atoms with van der Waals surface area (Å²) >= 11 is 0. The van der Waals surface area contributed by atoms with Crippen molar-refractivity contribution >= 4 is 0 Å². The smallest absolute Gasteiger partial charge is 0.0535 e. The van der Waals surface area contributed by atoms with Crippen molar-refractivity contribution in [2.24, 2.45) is 0 Å². The molecule has 0 amide bonds. The summed E-state index contributed by atoms with van der Waals surface area (Å²) in [4.78, 5) is 2.71. The molecule has 1 aliphatic carbocycles. The third-order valence-electron chi connectivity index (χ3n) is 4.78. The molecule has 1 N–H and O–H groups in total. The van der Waals surface area contributed by atoms with Crippen molar-refractivity contribution < 1.29 is 0 Å². The number of nitrogens with zero attached hydrogens (tertiary/aromatic N) is 1. The molecule has 98 valence electrons. The second-order valence-corrected chi connectivity index (χ2v) is 6.40. The van der Waals surface area contributed by atoms with Gasteiger partial charge in [0.1, 0.15) is 0 Å². The van der Waals surface area contributed by atoms with E-state index in [4.69, 9.17) is 0 Å². The van der Waals surface area contributed by atoms with Gasteiger partial charge in [-0.3, -0.25) is 4.90 Å². The van der Waals surface area contributed by atoms with Crippen molar-refractivity contribution in [1.29, 1.82) is 0 Å². The van der Waals surface area contributed by atoms with Gasteiger partial charge in [-0.15, -0.1) is 0 Å². The van der Waals surface area contributed by atoms with Crippen LogP contribution in [0.15, 0.2) is 30.3 Å². The number of hydrogen-bond acceptors (Lipinski definition) is 2. The first-order valence-corrected chi connectivity index (χ1v) is 7.18. The van der Waals surface area contributed by atoms with Crippen molar-refractivity contribution in [3.05, 3.63) is 35.9 Å². The van der Waals surface area contributed by atoms with Gasteiger partial charge in [-0.25, -0.2) is 0 Å². The van der Waals surface area contributed by atoms with Gasteiger partial charge in [-0.2, -0.15) is 0 Å². The zero-order valence-electron chi connectivity index (χ0n) is 11.6. The van der Waals surface area contributed by atoms with Crippen LogP contribution in [0.25, 0.3) is 0 Å². The Kier molecular flexibility index (Phi) is 2.95. The molecule has 1 unspecified atom stereocenters. The number of rotatable bonds is 2. The summed E-state index contributed by atoms with van der Waals surface area (Å²) in [6.45, 7) is 8.27. The van der Waals surface area contributed by atoms with Crippen LogP contribution in [0.1, 0.15) is 38.7 Å². The monoisotopic (exact) mass is 244 g/mol. The zero-order valence-corrected chi connectivity index (χ0v) is 11.6. The lowest BCUT2D eigenvalue weighted by Crippen LogP contribution is -2.49. The summed E-state index contributed by atoms with van der Waals surface area (Å²) in [5.41, 5.74) is 2.01. The molecule has 0 aromatic heterocycles. The molecule has 1 aliphatic heterocycles. The molecule has 1 saturated carbocycles. The molecule has 2 nitrogen and oxygen atoms in total. The van der Waals surface area contributed by atoms with E-state index in [1.165, 1.54) is 31.4 Å². The van der Waals surface area contributed by atoms with Crippen molar-refractivity contribution in [2.45, 2.75) is 44.2 Å². The lowest BCUT2D eigenvalue weighted by molar-refractivity contribution is 0.156. The molecular formula is C16H24N2. The molecule has 0 spiro atoms. The van der Waals surface area contributed by atoms with Crippen LogP contribution in [0, 0.1) is 0 Å². The Morgan fingerprint density at radius 1 is 1.11 bits per heavy atom. The minimum atomic E-state index is 0.101. The van der Waals surface area contributed by atoms with Gasteiger partial charge >= 0.3 is 0 Å². The van der Waals surface area contributed by atoms with Gasteiger partial charge in [0.2, 0.25) is 0 Å². The molecule has 1 aromatic rings. The standard InChI is InChI=1S/C16H24N2/c1-15(9-10-15)18-12-6-11-17-16(2,13-18)14-7-4-3-5-8-14/h3-5,7-8,17H,6,9-13H2,1-2H3. The number of benzene rings is 1.